The molecule has 1 N–H and O–H groups in total. The zero-order chi connectivity index (χ0) is 11.9. The maximum atomic E-state index is 5.29. The molecular formula is C14H11N3O. The van der Waals surface area contributed by atoms with Crippen molar-refractivity contribution in [1.29, 1.82) is 0 Å². The summed E-state index contributed by atoms with van der Waals surface area (Å²) in [5.74, 6) is 0.590. The lowest BCUT2D eigenvalue weighted by Crippen LogP contribution is -2.03. The molecule has 0 spiro atoms. The minimum Gasteiger partial charge on any atom is -0.423 e. The maximum Gasteiger partial charge on any atom is 0.249 e. The molecule has 0 saturated heterocycles. The summed E-state index contributed by atoms with van der Waals surface area (Å²) in [4.78, 5) is 3.34. The molecule has 4 heteroatoms. The molecule has 4 rings (SSSR count). The minimum atomic E-state index is 0.590. The molecule has 3 aromatic rings. The van der Waals surface area contributed by atoms with Crippen LogP contribution in [0.25, 0.3) is 22.7 Å². The third-order valence-electron chi connectivity index (χ3n) is 3.51. The first-order valence-corrected chi connectivity index (χ1v) is 5.98. The van der Waals surface area contributed by atoms with Crippen molar-refractivity contribution < 1.29 is 4.42 Å². The van der Waals surface area contributed by atoms with E-state index in [-0.39, 0.29) is 0 Å². The summed E-state index contributed by atoms with van der Waals surface area (Å²) in [6.45, 7) is 0. The van der Waals surface area contributed by atoms with Crippen LogP contribution in [0.15, 0.2) is 41.3 Å². The van der Waals surface area contributed by atoms with E-state index in [1.54, 1.807) is 0 Å². The Bertz CT molecular complexity index is 698. The van der Waals surface area contributed by atoms with Crippen molar-refractivity contribution >= 4 is 0 Å². The van der Waals surface area contributed by atoms with Crippen LogP contribution in [0.5, 0.6) is 0 Å². The molecule has 0 atom stereocenters. The molecule has 4 nitrogen and oxygen atoms in total. The second-order valence-corrected chi connectivity index (χ2v) is 4.46. The van der Waals surface area contributed by atoms with Crippen LogP contribution in [0, 0.1) is 0 Å². The summed E-state index contributed by atoms with van der Waals surface area (Å²) in [5, 5.41) is 7.73. The molecule has 2 heterocycles. The Morgan fingerprint density at radius 1 is 1.11 bits per heavy atom. The lowest BCUT2D eigenvalue weighted by Gasteiger charge is -2.16. The molecule has 0 saturated carbocycles. The van der Waals surface area contributed by atoms with E-state index in [0.717, 1.165) is 18.4 Å². The minimum absolute atomic E-state index is 0.590. The van der Waals surface area contributed by atoms with Crippen LogP contribution < -0.4 is 0 Å². The van der Waals surface area contributed by atoms with Gasteiger partial charge in [-0.05, 0) is 24.0 Å². The lowest BCUT2D eigenvalue weighted by molar-refractivity contribution is 0.568. The average Bonchev–Trinajstić information content (AvgIpc) is 3.07. The fraction of sp³-hybridized carbons (Fsp3) is 0.143. The Hall–Kier alpha value is -2.36. The quantitative estimate of drug-likeness (QED) is 0.708. The summed E-state index contributed by atoms with van der Waals surface area (Å²) < 4.78 is 5.29. The molecule has 0 bridgehead atoms. The van der Waals surface area contributed by atoms with E-state index in [2.05, 4.69) is 39.4 Å². The average molecular weight is 237 g/mol. The summed E-state index contributed by atoms with van der Waals surface area (Å²) >= 11 is 0. The Balaban J connectivity index is 1.93. The highest BCUT2D eigenvalue weighted by molar-refractivity contribution is 5.77. The summed E-state index contributed by atoms with van der Waals surface area (Å²) in [6.07, 6.45) is 5.39. The van der Waals surface area contributed by atoms with E-state index in [0.29, 0.717) is 5.89 Å². The van der Waals surface area contributed by atoms with Crippen LogP contribution in [-0.2, 0) is 12.8 Å². The van der Waals surface area contributed by atoms with E-state index in [1.165, 1.54) is 28.8 Å². The fourth-order valence-electron chi connectivity index (χ4n) is 2.68. The topological polar surface area (TPSA) is 54.7 Å². The molecule has 88 valence electrons. The van der Waals surface area contributed by atoms with Crippen LogP contribution in [0.2, 0.25) is 0 Å². The van der Waals surface area contributed by atoms with Gasteiger partial charge in [-0.15, -0.1) is 10.2 Å². The van der Waals surface area contributed by atoms with Gasteiger partial charge in [-0.25, -0.2) is 0 Å². The van der Waals surface area contributed by atoms with E-state index in [4.69, 9.17) is 4.42 Å². The van der Waals surface area contributed by atoms with Crippen molar-refractivity contribution in [2.75, 3.05) is 0 Å². The number of fused-ring (bicyclic) bond motifs is 3. The zero-order valence-electron chi connectivity index (χ0n) is 9.68. The van der Waals surface area contributed by atoms with Crippen molar-refractivity contribution in [2.24, 2.45) is 0 Å². The van der Waals surface area contributed by atoms with Gasteiger partial charge in [-0.1, -0.05) is 24.3 Å². The standard InChI is InChI=1S/C14H11N3O/c1-2-4-10-9(3-1)5-6-11-12(7-15-13(10)11)14-17-16-8-18-14/h1-4,7-8,15H,5-6H2. The number of aromatic nitrogens is 3. The first-order chi connectivity index (χ1) is 8.93. The van der Waals surface area contributed by atoms with E-state index < -0.39 is 0 Å². The summed E-state index contributed by atoms with van der Waals surface area (Å²) in [5.41, 5.74) is 6.16. The van der Waals surface area contributed by atoms with Crippen molar-refractivity contribution in [3.05, 3.63) is 48.0 Å². The highest BCUT2D eigenvalue weighted by Gasteiger charge is 2.22. The predicted molar refractivity (Wildman–Crippen MR) is 66.9 cm³/mol. The Morgan fingerprint density at radius 2 is 2.06 bits per heavy atom. The van der Waals surface area contributed by atoms with Gasteiger partial charge in [0.25, 0.3) is 0 Å². The molecule has 0 unspecified atom stereocenters. The highest BCUT2D eigenvalue weighted by atomic mass is 16.4. The Labute approximate surface area is 104 Å². The first-order valence-electron chi connectivity index (χ1n) is 5.98. The van der Waals surface area contributed by atoms with Gasteiger partial charge in [0.1, 0.15) is 0 Å². The number of nitrogens with zero attached hydrogens (tertiary/aromatic N) is 2. The molecule has 0 amide bonds. The van der Waals surface area contributed by atoms with Crippen molar-refractivity contribution in [3.8, 4) is 22.7 Å². The first kappa shape index (κ1) is 9.65. The number of aryl methyl sites for hydroxylation is 1. The maximum absolute atomic E-state index is 5.29. The summed E-state index contributed by atoms with van der Waals surface area (Å²) in [7, 11) is 0. The number of hydrogen-bond donors (Lipinski definition) is 1. The SMILES string of the molecule is c1ccc2c(c1)CCc1c(-c3nnco3)c[nH]c1-2. The number of aromatic amines is 1. The van der Waals surface area contributed by atoms with Crippen molar-refractivity contribution in [3.63, 3.8) is 0 Å². The van der Waals surface area contributed by atoms with Crippen LogP contribution in [0.4, 0.5) is 0 Å². The fourth-order valence-corrected chi connectivity index (χ4v) is 2.68. The van der Waals surface area contributed by atoms with E-state index >= 15 is 0 Å². The van der Waals surface area contributed by atoms with Gasteiger partial charge >= 0.3 is 0 Å². The van der Waals surface area contributed by atoms with Gasteiger partial charge in [-0.2, -0.15) is 0 Å². The van der Waals surface area contributed by atoms with Gasteiger partial charge < -0.3 is 9.40 Å². The van der Waals surface area contributed by atoms with Crippen LogP contribution in [-0.4, -0.2) is 15.2 Å². The molecule has 0 radical (unpaired) electrons. The number of benzene rings is 1. The van der Waals surface area contributed by atoms with Gasteiger partial charge in [0.15, 0.2) is 0 Å². The molecule has 1 aromatic carbocycles. The third-order valence-corrected chi connectivity index (χ3v) is 3.51. The van der Waals surface area contributed by atoms with Crippen LogP contribution in [0.1, 0.15) is 11.1 Å². The third kappa shape index (κ3) is 1.26. The van der Waals surface area contributed by atoms with Crippen molar-refractivity contribution in [1.82, 2.24) is 15.2 Å². The molecular weight excluding hydrogens is 226 g/mol. The van der Waals surface area contributed by atoms with E-state index in [9.17, 15) is 0 Å². The van der Waals surface area contributed by atoms with Gasteiger partial charge in [0.05, 0.1) is 5.56 Å². The molecule has 2 aromatic heterocycles. The van der Waals surface area contributed by atoms with Gasteiger partial charge in [-0.3, -0.25) is 0 Å². The zero-order valence-corrected chi connectivity index (χ0v) is 9.68. The monoisotopic (exact) mass is 237 g/mol. The number of hydrogen-bond acceptors (Lipinski definition) is 3. The lowest BCUT2D eigenvalue weighted by atomic mass is 9.89. The van der Waals surface area contributed by atoms with Gasteiger partial charge in [0, 0.05) is 17.5 Å². The second kappa shape index (κ2) is 3.57. The molecule has 0 fully saturated rings. The highest BCUT2D eigenvalue weighted by Crippen LogP contribution is 2.37. The largest absolute Gasteiger partial charge is 0.423 e. The van der Waals surface area contributed by atoms with E-state index in [1.807, 2.05) is 6.20 Å². The molecule has 1 aliphatic rings. The number of rotatable bonds is 1. The van der Waals surface area contributed by atoms with Gasteiger partial charge in [0.2, 0.25) is 12.3 Å². The Kier molecular flexibility index (Phi) is 1.91. The van der Waals surface area contributed by atoms with Crippen LogP contribution >= 0.6 is 0 Å². The molecule has 0 aliphatic heterocycles. The normalized spacial score (nSPS) is 13.1. The van der Waals surface area contributed by atoms with Crippen molar-refractivity contribution in [2.45, 2.75) is 12.8 Å². The van der Waals surface area contributed by atoms with Crippen LogP contribution in [0.3, 0.4) is 0 Å². The summed E-state index contributed by atoms with van der Waals surface area (Å²) in [6, 6.07) is 8.50. The number of nitrogens with one attached hydrogen (secondary N) is 1. The number of H-pyrrole nitrogens is 1. The molecule has 1 aliphatic carbocycles. The Morgan fingerprint density at radius 3 is 2.94 bits per heavy atom. The second-order valence-electron chi connectivity index (χ2n) is 4.46. The molecule has 18 heavy (non-hydrogen) atoms. The predicted octanol–water partition coefficient (Wildman–Crippen LogP) is 2.83. The smallest absolute Gasteiger partial charge is 0.249 e.